The lowest BCUT2D eigenvalue weighted by molar-refractivity contribution is 0.0523. The molecule has 2 amide bonds. The summed E-state index contributed by atoms with van der Waals surface area (Å²) in [7, 11) is 1.63. The van der Waals surface area contributed by atoms with Crippen LogP contribution in [0.5, 0.6) is 0 Å². The lowest BCUT2D eigenvalue weighted by Crippen LogP contribution is -2.52. The molecule has 8 heteroatoms. The van der Waals surface area contributed by atoms with E-state index in [0.29, 0.717) is 40.9 Å². The molecular formula is C18H22ClN3O4. The Bertz CT molecular complexity index is 829. The van der Waals surface area contributed by atoms with Gasteiger partial charge in [0.05, 0.1) is 29.5 Å². The normalized spacial score (nSPS) is 18.6. The molecule has 1 spiro atoms. The first-order valence-electron chi connectivity index (χ1n) is 8.91. The van der Waals surface area contributed by atoms with Gasteiger partial charge in [-0.25, -0.2) is 9.78 Å². The summed E-state index contributed by atoms with van der Waals surface area (Å²) in [5, 5.41) is 6.45. The third kappa shape index (κ3) is 3.04. The summed E-state index contributed by atoms with van der Waals surface area (Å²) in [5.41, 5.74) is 2.45. The van der Waals surface area contributed by atoms with Crippen molar-refractivity contribution in [3.8, 4) is 0 Å². The molecule has 0 radical (unpaired) electrons. The molecule has 26 heavy (non-hydrogen) atoms. The molecule has 1 aromatic heterocycles. The van der Waals surface area contributed by atoms with Crippen LogP contribution in [0, 0.1) is 0 Å². The van der Waals surface area contributed by atoms with E-state index in [0.717, 1.165) is 31.2 Å². The number of anilines is 1. The number of methoxy groups -OCH3 is 1. The number of halogens is 1. The zero-order chi connectivity index (χ0) is 18.1. The second-order valence-electron chi connectivity index (χ2n) is 6.83. The molecule has 7 nitrogen and oxygen atoms in total. The standard InChI is InChI=1S/C18H22ClN3O4/c1-24-7-8-25-10-13-20-12-9-11(19)15-14(16(12)26-13)18(22-17(23)21-15)5-3-2-4-6-18/h9H,2-8,10H2,1H3,(H2,21,22,23). The topological polar surface area (TPSA) is 85.6 Å². The minimum atomic E-state index is -0.452. The van der Waals surface area contributed by atoms with E-state index >= 15 is 0 Å². The fourth-order valence-corrected chi connectivity index (χ4v) is 4.22. The quantitative estimate of drug-likeness (QED) is 0.768. The second-order valence-corrected chi connectivity index (χ2v) is 7.24. The Morgan fingerprint density at radius 2 is 2.12 bits per heavy atom. The minimum Gasteiger partial charge on any atom is -0.438 e. The molecule has 1 aromatic carbocycles. The summed E-state index contributed by atoms with van der Waals surface area (Å²) < 4.78 is 16.5. The molecule has 0 bridgehead atoms. The summed E-state index contributed by atoms with van der Waals surface area (Å²) in [6.07, 6.45) is 5.00. The van der Waals surface area contributed by atoms with E-state index in [1.54, 1.807) is 13.2 Å². The highest BCUT2D eigenvalue weighted by Gasteiger charge is 2.44. The van der Waals surface area contributed by atoms with Crippen molar-refractivity contribution in [1.82, 2.24) is 10.3 Å². The van der Waals surface area contributed by atoms with Crippen molar-refractivity contribution in [2.75, 3.05) is 25.6 Å². The van der Waals surface area contributed by atoms with E-state index in [1.165, 1.54) is 6.42 Å². The minimum absolute atomic E-state index is 0.219. The average Bonchev–Trinajstić information content (AvgIpc) is 3.01. The number of urea groups is 1. The molecule has 1 saturated carbocycles. The largest absolute Gasteiger partial charge is 0.438 e. The molecule has 1 aliphatic carbocycles. The van der Waals surface area contributed by atoms with Gasteiger partial charge in [0.25, 0.3) is 0 Å². The number of carbonyl (C=O) groups excluding carboxylic acids is 1. The summed E-state index contributed by atoms with van der Waals surface area (Å²) >= 11 is 6.47. The number of nitrogens with zero attached hydrogens (tertiary/aromatic N) is 1. The number of oxazole rings is 1. The van der Waals surface area contributed by atoms with E-state index in [2.05, 4.69) is 15.6 Å². The summed E-state index contributed by atoms with van der Waals surface area (Å²) in [6, 6.07) is 1.52. The molecule has 1 fully saturated rings. The molecule has 2 heterocycles. The monoisotopic (exact) mass is 379 g/mol. The molecule has 1 aliphatic heterocycles. The highest BCUT2D eigenvalue weighted by molar-refractivity contribution is 6.35. The number of aromatic nitrogens is 1. The third-order valence-corrected chi connectivity index (χ3v) is 5.41. The van der Waals surface area contributed by atoms with E-state index in [-0.39, 0.29) is 12.6 Å². The molecule has 0 atom stereocenters. The van der Waals surface area contributed by atoms with Gasteiger partial charge >= 0.3 is 6.03 Å². The van der Waals surface area contributed by atoms with E-state index < -0.39 is 5.54 Å². The van der Waals surface area contributed by atoms with Crippen LogP contribution in [-0.2, 0) is 21.6 Å². The van der Waals surface area contributed by atoms with Gasteiger partial charge in [-0.1, -0.05) is 30.9 Å². The van der Waals surface area contributed by atoms with Crippen LogP contribution in [0.3, 0.4) is 0 Å². The maximum absolute atomic E-state index is 12.2. The highest BCUT2D eigenvalue weighted by Crippen LogP contribution is 2.48. The van der Waals surface area contributed by atoms with Gasteiger partial charge in [-0.2, -0.15) is 0 Å². The maximum atomic E-state index is 12.2. The number of benzene rings is 1. The number of hydrogen-bond acceptors (Lipinski definition) is 5. The maximum Gasteiger partial charge on any atom is 0.319 e. The van der Waals surface area contributed by atoms with Crippen molar-refractivity contribution in [2.45, 2.75) is 44.2 Å². The van der Waals surface area contributed by atoms with E-state index in [9.17, 15) is 4.79 Å². The Morgan fingerprint density at radius 3 is 2.88 bits per heavy atom. The number of carbonyl (C=O) groups is 1. The van der Waals surface area contributed by atoms with Crippen LogP contribution in [-0.4, -0.2) is 31.3 Å². The van der Waals surface area contributed by atoms with Crippen molar-refractivity contribution in [3.63, 3.8) is 0 Å². The number of hydrogen-bond donors (Lipinski definition) is 2. The van der Waals surface area contributed by atoms with Crippen molar-refractivity contribution < 1.29 is 18.7 Å². The van der Waals surface area contributed by atoms with Gasteiger partial charge in [0.2, 0.25) is 5.89 Å². The molecule has 2 N–H and O–H groups in total. The van der Waals surface area contributed by atoms with Gasteiger partial charge in [-0.05, 0) is 18.9 Å². The van der Waals surface area contributed by atoms with Crippen LogP contribution in [0.15, 0.2) is 10.5 Å². The van der Waals surface area contributed by atoms with Gasteiger partial charge in [-0.15, -0.1) is 0 Å². The van der Waals surface area contributed by atoms with Gasteiger partial charge < -0.3 is 24.5 Å². The van der Waals surface area contributed by atoms with Crippen LogP contribution in [0.25, 0.3) is 11.1 Å². The zero-order valence-electron chi connectivity index (χ0n) is 14.7. The lowest BCUT2D eigenvalue weighted by atomic mass is 9.74. The Hall–Kier alpha value is -1.83. The van der Waals surface area contributed by atoms with Crippen LogP contribution < -0.4 is 10.6 Å². The van der Waals surface area contributed by atoms with E-state index in [1.807, 2.05) is 0 Å². The first kappa shape index (κ1) is 17.6. The fraction of sp³-hybridized carbons (Fsp3) is 0.556. The average molecular weight is 380 g/mol. The van der Waals surface area contributed by atoms with Gasteiger partial charge in [0.1, 0.15) is 12.1 Å². The van der Waals surface area contributed by atoms with Crippen LogP contribution >= 0.6 is 11.6 Å². The zero-order valence-corrected chi connectivity index (χ0v) is 15.4. The summed E-state index contributed by atoms with van der Waals surface area (Å²) in [5.74, 6) is 0.489. The van der Waals surface area contributed by atoms with Gasteiger partial charge in [0, 0.05) is 12.7 Å². The van der Waals surface area contributed by atoms with Crippen LogP contribution in [0.2, 0.25) is 5.02 Å². The second kappa shape index (κ2) is 7.06. The molecule has 0 saturated heterocycles. The third-order valence-electron chi connectivity index (χ3n) is 5.11. The Labute approximate surface area is 156 Å². The lowest BCUT2D eigenvalue weighted by Gasteiger charge is -2.42. The van der Waals surface area contributed by atoms with Crippen LogP contribution in [0.1, 0.15) is 43.6 Å². The Balaban J connectivity index is 1.77. The van der Waals surface area contributed by atoms with E-state index in [4.69, 9.17) is 25.5 Å². The smallest absolute Gasteiger partial charge is 0.319 e. The molecule has 2 aromatic rings. The van der Waals surface area contributed by atoms with Gasteiger partial charge in [0.15, 0.2) is 5.58 Å². The van der Waals surface area contributed by atoms with Crippen molar-refractivity contribution in [3.05, 3.63) is 22.5 Å². The van der Waals surface area contributed by atoms with Crippen molar-refractivity contribution >= 4 is 34.4 Å². The van der Waals surface area contributed by atoms with Crippen molar-refractivity contribution in [2.24, 2.45) is 0 Å². The predicted molar refractivity (Wildman–Crippen MR) is 97.5 cm³/mol. The molecule has 140 valence electrons. The number of rotatable bonds is 5. The molecule has 4 rings (SSSR count). The molecule has 2 aliphatic rings. The highest BCUT2D eigenvalue weighted by atomic mass is 35.5. The summed E-state index contributed by atoms with van der Waals surface area (Å²) in [6.45, 7) is 1.24. The SMILES string of the molecule is COCCOCc1nc2cc(Cl)c3c(c2o1)C1(CCCCC1)NC(=O)N3. The number of fused-ring (bicyclic) bond motifs is 4. The Morgan fingerprint density at radius 1 is 1.31 bits per heavy atom. The number of ether oxygens (including phenoxy) is 2. The fourth-order valence-electron chi connectivity index (χ4n) is 3.98. The van der Waals surface area contributed by atoms with Gasteiger partial charge in [-0.3, -0.25) is 0 Å². The molecular weight excluding hydrogens is 358 g/mol. The molecule has 0 unspecified atom stereocenters. The number of nitrogens with one attached hydrogen (secondary N) is 2. The first-order valence-corrected chi connectivity index (χ1v) is 9.29. The Kier molecular flexibility index (Phi) is 4.77. The van der Waals surface area contributed by atoms with Crippen LogP contribution in [0.4, 0.5) is 10.5 Å². The van der Waals surface area contributed by atoms with Crippen molar-refractivity contribution in [1.29, 1.82) is 0 Å². The summed E-state index contributed by atoms with van der Waals surface area (Å²) in [4.78, 5) is 16.8. The first-order chi connectivity index (χ1) is 12.6. The predicted octanol–water partition coefficient (Wildman–Crippen LogP) is 3.94. The number of amides is 2.